The van der Waals surface area contributed by atoms with Crippen LogP contribution in [0.15, 0.2) is 48.5 Å². The molecule has 106 valence electrons. The Morgan fingerprint density at radius 2 is 1.75 bits per heavy atom. The lowest BCUT2D eigenvalue weighted by molar-refractivity contribution is 0.304. The molecule has 2 heteroatoms. The number of nitrogens with one attached hydrogen (secondary N) is 1. The molecule has 0 bridgehead atoms. The molecule has 0 heterocycles. The van der Waals surface area contributed by atoms with Gasteiger partial charge in [-0.05, 0) is 41.8 Å². The highest BCUT2D eigenvalue weighted by atomic mass is 16.5. The van der Waals surface area contributed by atoms with Gasteiger partial charge < -0.3 is 10.1 Å². The maximum atomic E-state index is 5.93. The Hall–Kier alpha value is -1.80. The Balaban J connectivity index is 2.02. The van der Waals surface area contributed by atoms with E-state index in [-0.39, 0.29) is 0 Å². The molecule has 1 N–H and O–H groups in total. The highest BCUT2D eigenvalue weighted by molar-refractivity contribution is 5.30. The van der Waals surface area contributed by atoms with Gasteiger partial charge in [-0.15, -0.1) is 0 Å². The molecular weight excluding hydrogens is 246 g/mol. The van der Waals surface area contributed by atoms with Crippen molar-refractivity contribution in [1.29, 1.82) is 0 Å². The first kappa shape index (κ1) is 14.6. The third-order valence-corrected chi connectivity index (χ3v) is 3.38. The van der Waals surface area contributed by atoms with Crippen LogP contribution in [0.4, 0.5) is 0 Å². The van der Waals surface area contributed by atoms with Crippen molar-refractivity contribution in [2.45, 2.75) is 33.4 Å². The number of hydrogen-bond donors (Lipinski definition) is 1. The van der Waals surface area contributed by atoms with Gasteiger partial charge in [-0.1, -0.05) is 50.2 Å². The molecule has 0 radical (unpaired) electrons. The second-order valence-electron chi connectivity index (χ2n) is 4.84. The Labute approximate surface area is 121 Å². The number of aryl methyl sites for hydroxylation is 1. The van der Waals surface area contributed by atoms with Crippen molar-refractivity contribution >= 4 is 0 Å². The zero-order valence-electron chi connectivity index (χ0n) is 12.4. The normalized spacial score (nSPS) is 10.5. The van der Waals surface area contributed by atoms with Gasteiger partial charge in [0, 0.05) is 6.54 Å². The molecule has 2 aromatic rings. The summed E-state index contributed by atoms with van der Waals surface area (Å²) in [4.78, 5) is 0. The molecule has 2 nitrogen and oxygen atoms in total. The van der Waals surface area contributed by atoms with Gasteiger partial charge in [-0.3, -0.25) is 0 Å². The Morgan fingerprint density at radius 1 is 0.950 bits per heavy atom. The van der Waals surface area contributed by atoms with Gasteiger partial charge in [0.15, 0.2) is 0 Å². The Morgan fingerprint density at radius 3 is 2.50 bits per heavy atom. The van der Waals surface area contributed by atoms with E-state index >= 15 is 0 Å². The van der Waals surface area contributed by atoms with Crippen LogP contribution in [0, 0.1) is 0 Å². The first-order valence-electron chi connectivity index (χ1n) is 7.32. The monoisotopic (exact) mass is 269 g/mol. The van der Waals surface area contributed by atoms with Gasteiger partial charge in [0.25, 0.3) is 0 Å². The predicted octanol–water partition coefficient (Wildman–Crippen LogP) is 3.94. The van der Waals surface area contributed by atoms with Crippen molar-refractivity contribution in [3.63, 3.8) is 0 Å². The molecule has 0 saturated heterocycles. The van der Waals surface area contributed by atoms with Crippen LogP contribution in [0.2, 0.25) is 0 Å². The van der Waals surface area contributed by atoms with Crippen molar-refractivity contribution in [3.8, 4) is 5.75 Å². The second kappa shape index (κ2) is 7.71. The largest absolute Gasteiger partial charge is 0.489 e. The van der Waals surface area contributed by atoms with Crippen LogP contribution in [0.5, 0.6) is 5.75 Å². The van der Waals surface area contributed by atoms with Crippen molar-refractivity contribution in [1.82, 2.24) is 5.32 Å². The molecule has 0 atom stereocenters. The molecule has 0 fully saturated rings. The fourth-order valence-corrected chi connectivity index (χ4v) is 2.15. The van der Waals surface area contributed by atoms with Gasteiger partial charge in [-0.25, -0.2) is 0 Å². The molecule has 0 spiro atoms. The summed E-state index contributed by atoms with van der Waals surface area (Å²) in [5, 5.41) is 3.37. The van der Waals surface area contributed by atoms with Crippen LogP contribution < -0.4 is 10.1 Å². The minimum atomic E-state index is 0.620. The van der Waals surface area contributed by atoms with Gasteiger partial charge in [0.05, 0.1) is 0 Å². The van der Waals surface area contributed by atoms with Crippen LogP contribution in [-0.4, -0.2) is 6.54 Å². The average Bonchev–Trinajstić information content (AvgIpc) is 2.52. The Bertz CT molecular complexity index is 536. The molecule has 0 aromatic heterocycles. The fourth-order valence-electron chi connectivity index (χ4n) is 2.15. The molecule has 0 aliphatic rings. The second-order valence-corrected chi connectivity index (χ2v) is 4.84. The minimum Gasteiger partial charge on any atom is -0.489 e. The smallest absolute Gasteiger partial charge is 0.120 e. The quantitative estimate of drug-likeness (QED) is 0.822. The van der Waals surface area contributed by atoms with E-state index in [4.69, 9.17) is 4.74 Å². The lowest BCUT2D eigenvalue weighted by Gasteiger charge is -2.12. The first-order valence-corrected chi connectivity index (χ1v) is 7.32. The summed E-state index contributed by atoms with van der Waals surface area (Å²) < 4.78 is 5.93. The molecule has 20 heavy (non-hydrogen) atoms. The molecule has 2 aromatic carbocycles. The molecule has 0 saturated carbocycles. The zero-order valence-corrected chi connectivity index (χ0v) is 12.4. The van der Waals surface area contributed by atoms with Crippen LogP contribution in [0.25, 0.3) is 0 Å². The number of ether oxygens (including phenoxy) is 1. The van der Waals surface area contributed by atoms with Gasteiger partial charge in [-0.2, -0.15) is 0 Å². The summed E-state index contributed by atoms with van der Waals surface area (Å²) in [6.45, 7) is 6.77. The minimum absolute atomic E-state index is 0.620. The summed E-state index contributed by atoms with van der Waals surface area (Å²) in [5.74, 6) is 0.947. The van der Waals surface area contributed by atoms with E-state index in [1.807, 2.05) is 6.07 Å². The van der Waals surface area contributed by atoms with Gasteiger partial charge >= 0.3 is 0 Å². The number of rotatable bonds is 7. The van der Waals surface area contributed by atoms with Crippen molar-refractivity contribution in [2.75, 3.05) is 6.54 Å². The van der Waals surface area contributed by atoms with Crippen LogP contribution >= 0.6 is 0 Å². The third-order valence-electron chi connectivity index (χ3n) is 3.38. The van der Waals surface area contributed by atoms with Gasteiger partial charge in [0.1, 0.15) is 12.4 Å². The molecule has 0 aliphatic carbocycles. The summed E-state index contributed by atoms with van der Waals surface area (Å²) in [6.07, 6.45) is 1.04. The van der Waals surface area contributed by atoms with E-state index in [0.717, 1.165) is 25.3 Å². The van der Waals surface area contributed by atoms with Crippen molar-refractivity contribution in [2.24, 2.45) is 0 Å². The average molecular weight is 269 g/mol. The van der Waals surface area contributed by atoms with E-state index in [0.29, 0.717) is 6.61 Å². The summed E-state index contributed by atoms with van der Waals surface area (Å²) >= 11 is 0. The van der Waals surface area contributed by atoms with E-state index in [9.17, 15) is 0 Å². The van der Waals surface area contributed by atoms with E-state index < -0.39 is 0 Å². The van der Waals surface area contributed by atoms with Crippen LogP contribution in [0.3, 0.4) is 0 Å². The molecule has 0 amide bonds. The lowest BCUT2D eigenvalue weighted by atomic mass is 10.1. The van der Waals surface area contributed by atoms with Gasteiger partial charge in [0.2, 0.25) is 0 Å². The topological polar surface area (TPSA) is 21.3 Å². The highest BCUT2D eigenvalue weighted by Crippen LogP contribution is 2.17. The third kappa shape index (κ3) is 4.10. The van der Waals surface area contributed by atoms with Crippen molar-refractivity contribution < 1.29 is 4.74 Å². The fraction of sp³-hybridized carbons (Fsp3) is 0.333. The molecule has 0 unspecified atom stereocenters. The summed E-state index contributed by atoms with van der Waals surface area (Å²) in [7, 11) is 0. The predicted molar refractivity (Wildman–Crippen MR) is 84.0 cm³/mol. The van der Waals surface area contributed by atoms with E-state index in [1.54, 1.807) is 0 Å². The zero-order chi connectivity index (χ0) is 14.2. The Kier molecular flexibility index (Phi) is 5.63. The maximum Gasteiger partial charge on any atom is 0.120 e. The molecular formula is C18H23NO. The molecule has 2 rings (SSSR count). The van der Waals surface area contributed by atoms with E-state index in [2.05, 4.69) is 61.6 Å². The maximum absolute atomic E-state index is 5.93. The SMILES string of the molecule is CCNCc1ccccc1COc1cccc(CC)c1. The van der Waals surface area contributed by atoms with Crippen LogP contribution in [-0.2, 0) is 19.6 Å². The summed E-state index contributed by atoms with van der Waals surface area (Å²) in [6, 6.07) is 16.8. The van der Waals surface area contributed by atoms with Crippen LogP contribution in [0.1, 0.15) is 30.5 Å². The number of hydrogen-bond acceptors (Lipinski definition) is 2. The standard InChI is InChI=1S/C18H23NO/c1-3-15-8-7-11-18(12-15)20-14-17-10-6-5-9-16(17)13-19-4-2/h5-12,19H,3-4,13-14H2,1-2H3. The first-order chi connectivity index (χ1) is 9.83. The lowest BCUT2D eigenvalue weighted by Crippen LogP contribution is -2.13. The highest BCUT2D eigenvalue weighted by Gasteiger charge is 2.02. The van der Waals surface area contributed by atoms with E-state index in [1.165, 1.54) is 16.7 Å². The number of benzene rings is 2. The summed E-state index contributed by atoms with van der Waals surface area (Å²) in [5.41, 5.74) is 3.86. The van der Waals surface area contributed by atoms with Crippen molar-refractivity contribution in [3.05, 3.63) is 65.2 Å². The molecule has 0 aliphatic heterocycles.